The van der Waals surface area contributed by atoms with Crippen molar-refractivity contribution in [2.75, 3.05) is 37.7 Å². The first-order valence-electron chi connectivity index (χ1n) is 19.5. The number of hydrogen-bond acceptors (Lipinski definition) is 5. The lowest BCUT2D eigenvalue weighted by Crippen LogP contribution is -2.42. The number of anilines is 1. The van der Waals surface area contributed by atoms with E-state index in [-0.39, 0.29) is 17.6 Å². The summed E-state index contributed by atoms with van der Waals surface area (Å²) in [6.07, 6.45) is 3.58. The van der Waals surface area contributed by atoms with Crippen molar-refractivity contribution >= 4 is 62.6 Å². The Balaban J connectivity index is 1.24. The number of carboxylic acid groups (broad SMARTS) is 1. The summed E-state index contributed by atoms with van der Waals surface area (Å²) in [6.45, 7) is 14.4. The molecule has 0 radical (unpaired) electrons. The third-order valence-electron chi connectivity index (χ3n) is 11.8. The van der Waals surface area contributed by atoms with Crippen LogP contribution < -0.4 is 9.64 Å². The van der Waals surface area contributed by atoms with Crippen LogP contribution in [0.1, 0.15) is 81.3 Å². The number of ether oxygens (including phenoxy) is 1. The summed E-state index contributed by atoms with van der Waals surface area (Å²) >= 11 is 13.6. The van der Waals surface area contributed by atoms with E-state index in [1.165, 1.54) is 12.8 Å². The van der Waals surface area contributed by atoms with Gasteiger partial charge in [-0.05, 0) is 126 Å². The van der Waals surface area contributed by atoms with Crippen molar-refractivity contribution in [3.63, 3.8) is 0 Å². The lowest BCUT2D eigenvalue weighted by atomic mass is 9.98. The number of halogens is 2. The number of likely N-dealkylation sites (tertiary alicyclic amines) is 1. The van der Waals surface area contributed by atoms with Crippen LogP contribution in [0.5, 0.6) is 5.75 Å². The zero-order valence-electron chi connectivity index (χ0n) is 32.9. The minimum absolute atomic E-state index is 0.130. The Morgan fingerprint density at radius 2 is 1.70 bits per heavy atom. The van der Waals surface area contributed by atoms with Crippen LogP contribution in [-0.2, 0) is 20.0 Å². The molecule has 1 saturated heterocycles. The van der Waals surface area contributed by atoms with Crippen molar-refractivity contribution in [3.05, 3.63) is 98.0 Å². The number of carbonyl (C=O) groups excluding carboxylic acids is 1. The van der Waals surface area contributed by atoms with Crippen LogP contribution in [0.4, 0.5) is 5.69 Å². The van der Waals surface area contributed by atoms with Crippen LogP contribution in [0.25, 0.3) is 32.9 Å². The predicted molar refractivity (Wildman–Crippen MR) is 224 cm³/mol. The number of carboxylic acids is 1. The highest BCUT2D eigenvalue weighted by Gasteiger charge is 2.37. The van der Waals surface area contributed by atoms with E-state index in [4.69, 9.17) is 33.0 Å². The molecular formula is C44H48Cl2N6O4. The van der Waals surface area contributed by atoms with Gasteiger partial charge in [-0.3, -0.25) is 9.48 Å². The predicted octanol–water partition coefficient (Wildman–Crippen LogP) is 9.56. The van der Waals surface area contributed by atoms with Crippen molar-refractivity contribution in [2.45, 2.75) is 72.9 Å². The molecule has 3 aromatic carbocycles. The second-order valence-electron chi connectivity index (χ2n) is 15.5. The first-order valence-corrected chi connectivity index (χ1v) is 20.3. The fourth-order valence-electron chi connectivity index (χ4n) is 9.11. The van der Waals surface area contributed by atoms with Gasteiger partial charge in [0.15, 0.2) is 0 Å². The Hall–Kier alpha value is -4.77. The van der Waals surface area contributed by atoms with E-state index in [2.05, 4.69) is 16.4 Å². The molecule has 0 saturated carbocycles. The van der Waals surface area contributed by atoms with Gasteiger partial charge < -0.3 is 28.8 Å². The molecule has 1 fully saturated rings. The largest absolute Gasteiger partial charge is 0.494 e. The highest BCUT2D eigenvalue weighted by atomic mass is 35.5. The van der Waals surface area contributed by atoms with Crippen LogP contribution in [-0.4, -0.2) is 73.6 Å². The Labute approximate surface area is 337 Å². The van der Waals surface area contributed by atoms with Gasteiger partial charge in [0.1, 0.15) is 17.1 Å². The number of aromatic nitrogens is 4. The van der Waals surface area contributed by atoms with Crippen molar-refractivity contribution in [1.29, 1.82) is 0 Å². The highest BCUT2D eigenvalue weighted by Crippen LogP contribution is 2.46. The summed E-state index contributed by atoms with van der Waals surface area (Å²) in [5.74, 6) is -0.345. The monoisotopic (exact) mass is 794 g/mol. The van der Waals surface area contributed by atoms with Crippen molar-refractivity contribution in [3.8, 4) is 16.9 Å². The number of aromatic carboxylic acids is 1. The summed E-state index contributed by atoms with van der Waals surface area (Å²) < 4.78 is 12.2. The maximum absolute atomic E-state index is 15.2. The van der Waals surface area contributed by atoms with Gasteiger partial charge >= 0.3 is 5.97 Å². The maximum atomic E-state index is 15.2. The molecule has 0 spiro atoms. The van der Waals surface area contributed by atoms with E-state index < -0.39 is 5.97 Å². The molecule has 8 rings (SSSR count). The van der Waals surface area contributed by atoms with Gasteiger partial charge in [-0.1, -0.05) is 35.3 Å². The second kappa shape index (κ2) is 15.0. The molecule has 1 atom stereocenters. The van der Waals surface area contributed by atoms with Crippen LogP contribution in [0, 0.1) is 27.7 Å². The maximum Gasteiger partial charge on any atom is 0.352 e. The first kappa shape index (κ1) is 38.1. The van der Waals surface area contributed by atoms with E-state index in [1.54, 1.807) is 6.07 Å². The molecule has 12 heteroatoms. The standard InChI is InChI=1S/C44H48Cl2N6O4/c1-25-21-30(22-26(2)40(25)46)56-20-10-11-31-32-14-15-34(45)39(38-28(4)47-48(6)29(38)5)41(32)52-27(3)24-51(43(53)42(31)52)36-13-9-12-35-33(36)23-37(44(54)55)50(35)19-18-49-16-7-8-17-49/h9,12-15,21-23,27H,7-8,10-11,16-20,24H2,1-6H3,(H,54,55)/t27-/m1/s1. The van der Waals surface area contributed by atoms with E-state index in [0.29, 0.717) is 48.9 Å². The molecule has 5 heterocycles. The minimum Gasteiger partial charge on any atom is -0.494 e. The van der Waals surface area contributed by atoms with Crippen molar-refractivity contribution in [2.24, 2.45) is 7.05 Å². The van der Waals surface area contributed by atoms with Gasteiger partial charge in [0.25, 0.3) is 5.91 Å². The Morgan fingerprint density at radius 1 is 0.964 bits per heavy atom. The normalized spacial score (nSPS) is 16.1. The number of benzene rings is 3. The van der Waals surface area contributed by atoms with Crippen molar-refractivity contribution in [1.82, 2.24) is 23.8 Å². The zero-order chi connectivity index (χ0) is 39.6. The molecule has 10 nitrogen and oxygen atoms in total. The van der Waals surface area contributed by atoms with E-state index in [0.717, 1.165) is 91.4 Å². The number of hydrogen-bond donors (Lipinski definition) is 1. The van der Waals surface area contributed by atoms with Gasteiger partial charge in [0, 0.05) is 65.3 Å². The molecule has 3 aromatic heterocycles. The summed E-state index contributed by atoms with van der Waals surface area (Å²) in [4.78, 5) is 32.1. The highest BCUT2D eigenvalue weighted by molar-refractivity contribution is 6.35. The zero-order valence-corrected chi connectivity index (χ0v) is 34.4. The first-order chi connectivity index (χ1) is 26.8. The number of aryl methyl sites for hydroxylation is 5. The fourth-order valence-corrected chi connectivity index (χ4v) is 9.46. The summed E-state index contributed by atoms with van der Waals surface area (Å²) in [5.41, 5.74) is 9.85. The molecule has 56 heavy (non-hydrogen) atoms. The molecule has 2 aliphatic heterocycles. The molecule has 0 aliphatic carbocycles. The van der Waals surface area contributed by atoms with Crippen LogP contribution in [0.2, 0.25) is 10.0 Å². The summed E-state index contributed by atoms with van der Waals surface area (Å²) in [5, 5.41) is 18.2. The average molecular weight is 796 g/mol. The molecule has 292 valence electrons. The quantitative estimate of drug-likeness (QED) is 0.131. The van der Waals surface area contributed by atoms with Gasteiger partial charge in [-0.25, -0.2) is 4.79 Å². The minimum atomic E-state index is -0.981. The number of rotatable bonds is 11. The topological polar surface area (TPSA) is 97.8 Å². The molecule has 0 unspecified atom stereocenters. The number of carbonyl (C=O) groups is 2. The van der Waals surface area contributed by atoms with Gasteiger partial charge in [-0.2, -0.15) is 5.10 Å². The Morgan fingerprint density at radius 3 is 2.38 bits per heavy atom. The smallest absolute Gasteiger partial charge is 0.352 e. The number of nitrogens with zero attached hydrogens (tertiary/aromatic N) is 6. The van der Waals surface area contributed by atoms with Gasteiger partial charge in [-0.15, -0.1) is 0 Å². The van der Waals surface area contributed by atoms with E-state index >= 15 is 4.79 Å². The van der Waals surface area contributed by atoms with Crippen LogP contribution >= 0.6 is 23.2 Å². The third kappa shape index (κ3) is 6.45. The van der Waals surface area contributed by atoms with Crippen LogP contribution in [0.15, 0.2) is 48.5 Å². The lowest BCUT2D eigenvalue weighted by Gasteiger charge is -2.34. The lowest BCUT2D eigenvalue weighted by molar-refractivity contribution is 0.0684. The molecule has 2 aliphatic rings. The van der Waals surface area contributed by atoms with Gasteiger partial charge in [0.05, 0.1) is 34.0 Å². The summed E-state index contributed by atoms with van der Waals surface area (Å²) in [7, 11) is 1.93. The number of amides is 1. The average Bonchev–Trinajstić information content (AvgIpc) is 3.94. The SMILES string of the molecule is Cc1cc(OCCCc2c3n(c4c(-c5c(C)nn(C)c5C)c(Cl)ccc24)[C@H](C)CN(c2cccc4c2cc(C(=O)O)n4CCN2CCCC2)C3=O)cc(C)c1Cl. The Bertz CT molecular complexity index is 2520. The fraction of sp³-hybridized carbons (Fsp3) is 0.386. The van der Waals surface area contributed by atoms with Crippen LogP contribution in [0.3, 0.4) is 0 Å². The van der Waals surface area contributed by atoms with Gasteiger partial charge in [0.2, 0.25) is 0 Å². The number of fused-ring (bicyclic) bond motifs is 4. The van der Waals surface area contributed by atoms with Crippen molar-refractivity contribution < 1.29 is 19.4 Å². The van der Waals surface area contributed by atoms with E-state index in [1.807, 2.05) is 91.4 Å². The Kier molecular flexibility index (Phi) is 10.2. The van der Waals surface area contributed by atoms with E-state index in [9.17, 15) is 9.90 Å². The summed E-state index contributed by atoms with van der Waals surface area (Å²) in [6, 6.07) is 15.3. The molecule has 1 amide bonds. The molecule has 6 aromatic rings. The molecular weight excluding hydrogens is 747 g/mol. The molecule has 0 bridgehead atoms. The third-order valence-corrected chi connectivity index (χ3v) is 12.7. The second-order valence-corrected chi connectivity index (χ2v) is 16.3. The molecule has 1 N–H and O–H groups in total.